The Kier molecular flexibility index (Phi) is 6.75. The van der Waals surface area contributed by atoms with Crippen LogP contribution in [0.2, 0.25) is 0 Å². The summed E-state index contributed by atoms with van der Waals surface area (Å²) in [5, 5.41) is 7.40. The molecular formula is C21H20F3N4O2P. The monoisotopic (exact) mass is 448 g/mol. The molecule has 1 heterocycles. The summed E-state index contributed by atoms with van der Waals surface area (Å²) in [5.41, 5.74) is -0.349. The molecule has 1 aromatic heterocycles. The van der Waals surface area contributed by atoms with Gasteiger partial charge in [-0.1, -0.05) is 33.5 Å². The van der Waals surface area contributed by atoms with Gasteiger partial charge >= 0.3 is 6.18 Å². The van der Waals surface area contributed by atoms with E-state index in [2.05, 4.69) is 19.7 Å². The molecule has 1 N–H and O–H groups in total. The second-order valence-corrected chi connectivity index (χ2v) is 7.19. The number of aromatic nitrogens is 2. The highest BCUT2D eigenvalue weighted by Gasteiger charge is 2.31. The fourth-order valence-corrected chi connectivity index (χ4v) is 3.36. The molecule has 1 atom stereocenters. The number of nitrogens with one attached hydrogen (secondary N) is 1. The van der Waals surface area contributed by atoms with E-state index in [1.54, 1.807) is 17.8 Å². The van der Waals surface area contributed by atoms with Gasteiger partial charge in [0.1, 0.15) is 5.82 Å². The number of carbonyl (C=O) groups excluding carboxylic acids is 2. The molecule has 0 saturated heterocycles. The molecule has 0 radical (unpaired) electrons. The molecule has 3 aromatic rings. The molecule has 0 aliphatic heterocycles. The molecule has 6 nitrogen and oxygen atoms in total. The lowest BCUT2D eigenvalue weighted by molar-refractivity contribution is -0.137. The molecule has 0 spiro atoms. The molecule has 162 valence electrons. The van der Waals surface area contributed by atoms with Crippen LogP contribution in [0.4, 0.5) is 19.0 Å². The molecule has 0 saturated carbocycles. The number of para-hydroxylation sites is 1. The molecule has 0 aliphatic rings. The van der Waals surface area contributed by atoms with Crippen LogP contribution in [-0.2, 0) is 11.0 Å². The third-order valence-electron chi connectivity index (χ3n) is 4.50. The van der Waals surface area contributed by atoms with Crippen LogP contribution in [0.5, 0.6) is 0 Å². The van der Waals surface area contributed by atoms with E-state index >= 15 is 0 Å². The van der Waals surface area contributed by atoms with Gasteiger partial charge in [-0.2, -0.15) is 18.3 Å². The van der Waals surface area contributed by atoms with Gasteiger partial charge in [-0.25, -0.2) is 4.68 Å². The number of halogens is 3. The van der Waals surface area contributed by atoms with Crippen LogP contribution in [0.3, 0.4) is 0 Å². The molecule has 0 aliphatic carbocycles. The number of anilines is 1. The van der Waals surface area contributed by atoms with Crippen molar-refractivity contribution in [3.05, 3.63) is 71.9 Å². The van der Waals surface area contributed by atoms with Crippen molar-refractivity contribution in [2.45, 2.75) is 13.1 Å². The van der Waals surface area contributed by atoms with Gasteiger partial charge in [-0.3, -0.25) is 14.5 Å². The highest BCUT2D eigenvalue weighted by atomic mass is 31.0. The standard InChI is InChI=1S/C21H20F3N4O2P/c1-2-27(20-17(31)12-26-28(20)16-9-4-3-5-10-16)18(29)13-25-19(30)14-7-6-8-15(11-14)21(22,23)24/h3-12H,2,13,31H2,1H3,(H,25,30). The van der Waals surface area contributed by atoms with Gasteiger partial charge in [0.25, 0.3) is 5.91 Å². The molecule has 3 rings (SSSR count). The minimum absolute atomic E-state index is 0.174. The first-order valence-electron chi connectivity index (χ1n) is 9.37. The Bertz CT molecular complexity index is 1080. The van der Waals surface area contributed by atoms with Crippen LogP contribution in [0, 0.1) is 0 Å². The van der Waals surface area contributed by atoms with Crippen LogP contribution in [-0.4, -0.2) is 34.7 Å². The molecule has 0 fully saturated rings. The number of hydrogen-bond acceptors (Lipinski definition) is 3. The van der Waals surface area contributed by atoms with Crippen molar-refractivity contribution in [2.75, 3.05) is 18.0 Å². The number of alkyl halides is 3. The Hall–Kier alpha value is -3.19. The first kappa shape index (κ1) is 22.5. The Labute approximate surface area is 179 Å². The Morgan fingerprint density at radius 3 is 2.48 bits per heavy atom. The number of carbonyl (C=O) groups is 2. The molecule has 1 unspecified atom stereocenters. The van der Waals surface area contributed by atoms with Crippen molar-refractivity contribution < 1.29 is 22.8 Å². The summed E-state index contributed by atoms with van der Waals surface area (Å²) in [6.07, 6.45) is -2.96. The van der Waals surface area contributed by atoms with E-state index in [1.807, 2.05) is 30.3 Å². The summed E-state index contributed by atoms with van der Waals surface area (Å²) >= 11 is 0. The number of rotatable bonds is 6. The zero-order valence-electron chi connectivity index (χ0n) is 16.6. The van der Waals surface area contributed by atoms with E-state index in [4.69, 9.17) is 0 Å². The van der Waals surface area contributed by atoms with Crippen LogP contribution >= 0.6 is 9.24 Å². The fraction of sp³-hybridized carbons (Fsp3) is 0.190. The summed E-state index contributed by atoms with van der Waals surface area (Å²) in [6.45, 7) is 1.70. The van der Waals surface area contributed by atoms with Gasteiger partial charge in [0.05, 0.1) is 24.0 Å². The summed E-state index contributed by atoms with van der Waals surface area (Å²) in [4.78, 5) is 26.6. The molecule has 2 aromatic carbocycles. The summed E-state index contributed by atoms with van der Waals surface area (Å²) in [6, 6.07) is 13.3. The molecular weight excluding hydrogens is 428 g/mol. The fourth-order valence-electron chi connectivity index (χ4n) is 3.02. The van der Waals surface area contributed by atoms with Crippen molar-refractivity contribution in [3.8, 4) is 5.69 Å². The third-order valence-corrected chi connectivity index (χ3v) is 4.90. The van der Waals surface area contributed by atoms with Gasteiger partial charge < -0.3 is 5.32 Å². The second-order valence-electron chi connectivity index (χ2n) is 6.57. The topological polar surface area (TPSA) is 67.2 Å². The maximum atomic E-state index is 12.9. The van der Waals surface area contributed by atoms with Crippen molar-refractivity contribution in [1.82, 2.24) is 15.1 Å². The number of hydrogen-bond donors (Lipinski definition) is 1. The smallest absolute Gasteiger partial charge is 0.343 e. The number of likely N-dealkylation sites (N-methyl/N-ethyl adjacent to an activating group) is 1. The average Bonchev–Trinajstić information content (AvgIpc) is 3.14. The molecule has 31 heavy (non-hydrogen) atoms. The summed E-state index contributed by atoms with van der Waals surface area (Å²) in [5.74, 6) is -0.667. The second kappa shape index (κ2) is 9.31. The molecule has 10 heteroatoms. The van der Waals surface area contributed by atoms with Crippen LogP contribution in [0.15, 0.2) is 60.8 Å². The Morgan fingerprint density at radius 1 is 1.13 bits per heavy atom. The minimum atomic E-state index is -4.56. The zero-order chi connectivity index (χ0) is 22.6. The van der Waals surface area contributed by atoms with Gasteiger partial charge in [0.15, 0.2) is 0 Å². The summed E-state index contributed by atoms with van der Waals surface area (Å²) < 4.78 is 40.2. The highest BCUT2D eigenvalue weighted by molar-refractivity contribution is 7.28. The lowest BCUT2D eigenvalue weighted by Crippen LogP contribution is -2.42. The van der Waals surface area contributed by atoms with Crippen molar-refractivity contribution in [1.29, 1.82) is 0 Å². The maximum Gasteiger partial charge on any atom is 0.416 e. The predicted molar refractivity (Wildman–Crippen MR) is 115 cm³/mol. The molecule has 2 amide bonds. The van der Waals surface area contributed by atoms with E-state index in [-0.39, 0.29) is 12.1 Å². The van der Waals surface area contributed by atoms with E-state index in [1.165, 1.54) is 11.0 Å². The van der Waals surface area contributed by atoms with Gasteiger partial charge in [0, 0.05) is 17.4 Å². The first-order valence-corrected chi connectivity index (χ1v) is 9.95. The van der Waals surface area contributed by atoms with Gasteiger partial charge in [-0.15, -0.1) is 0 Å². The zero-order valence-corrected chi connectivity index (χ0v) is 17.7. The highest BCUT2D eigenvalue weighted by Crippen LogP contribution is 2.29. The average molecular weight is 448 g/mol. The first-order chi connectivity index (χ1) is 14.7. The van der Waals surface area contributed by atoms with E-state index in [0.29, 0.717) is 17.7 Å². The van der Waals surface area contributed by atoms with Crippen LogP contribution in [0.25, 0.3) is 5.69 Å². The predicted octanol–water partition coefficient (Wildman–Crippen LogP) is 3.17. The lowest BCUT2D eigenvalue weighted by atomic mass is 10.1. The molecule has 0 bridgehead atoms. The number of nitrogens with zero attached hydrogens (tertiary/aromatic N) is 3. The van der Waals surface area contributed by atoms with Gasteiger partial charge in [-0.05, 0) is 37.3 Å². The SMILES string of the molecule is CCN(C(=O)CNC(=O)c1cccc(C(F)(F)F)c1)c1c(P)cnn1-c1ccccc1. The van der Waals surface area contributed by atoms with Crippen molar-refractivity contribution in [2.24, 2.45) is 0 Å². The van der Waals surface area contributed by atoms with Crippen molar-refractivity contribution >= 4 is 32.2 Å². The Balaban J connectivity index is 1.76. The van der Waals surface area contributed by atoms with E-state index < -0.39 is 23.6 Å². The summed E-state index contributed by atoms with van der Waals surface area (Å²) in [7, 11) is 2.52. The lowest BCUT2D eigenvalue weighted by Gasteiger charge is -2.23. The van der Waals surface area contributed by atoms with Gasteiger partial charge in [0.2, 0.25) is 5.91 Å². The van der Waals surface area contributed by atoms with Crippen molar-refractivity contribution in [3.63, 3.8) is 0 Å². The Morgan fingerprint density at radius 2 is 1.84 bits per heavy atom. The third kappa shape index (κ3) is 5.11. The number of benzene rings is 2. The quantitative estimate of drug-likeness (QED) is 0.590. The minimum Gasteiger partial charge on any atom is -0.343 e. The van der Waals surface area contributed by atoms with E-state index in [9.17, 15) is 22.8 Å². The number of amides is 2. The maximum absolute atomic E-state index is 12.9. The van der Waals surface area contributed by atoms with Crippen LogP contribution < -0.4 is 15.5 Å². The van der Waals surface area contributed by atoms with E-state index in [0.717, 1.165) is 23.9 Å². The largest absolute Gasteiger partial charge is 0.416 e. The normalized spacial score (nSPS) is 11.3. The van der Waals surface area contributed by atoms with Crippen LogP contribution in [0.1, 0.15) is 22.8 Å².